The van der Waals surface area contributed by atoms with Crippen molar-refractivity contribution >= 4 is 11.6 Å². The fourth-order valence-corrected chi connectivity index (χ4v) is 1.13. The maximum Gasteiger partial charge on any atom is 0.324 e. The molecular formula is C10H8F6N2O. The standard InChI is InChI=1S/C10H8F6N2O/c11-5-1-4(7(17)2-6(5)12)8(19)18-3-10(15,16)9(13)14/h1-2,9H,3,17H2,(H,18,19). The SMILES string of the molecule is Nc1cc(F)c(F)cc1C(=O)NCC(F)(F)C(F)F. The zero-order valence-electron chi connectivity index (χ0n) is 9.19. The third kappa shape index (κ3) is 3.52. The maximum absolute atomic E-state index is 12.8. The van der Waals surface area contributed by atoms with Crippen LogP contribution in [0.15, 0.2) is 12.1 Å². The molecule has 0 radical (unpaired) electrons. The molecule has 106 valence electrons. The number of rotatable bonds is 4. The first-order valence-electron chi connectivity index (χ1n) is 4.84. The van der Waals surface area contributed by atoms with Gasteiger partial charge in [0, 0.05) is 11.8 Å². The van der Waals surface area contributed by atoms with Gasteiger partial charge in [0.05, 0.1) is 12.1 Å². The predicted octanol–water partition coefficient (Wildman–Crippen LogP) is 2.18. The second-order valence-electron chi connectivity index (χ2n) is 3.60. The summed E-state index contributed by atoms with van der Waals surface area (Å²) in [7, 11) is 0. The van der Waals surface area contributed by atoms with Crippen molar-refractivity contribution in [1.82, 2.24) is 5.32 Å². The molecule has 0 fully saturated rings. The van der Waals surface area contributed by atoms with Gasteiger partial charge >= 0.3 is 12.3 Å². The van der Waals surface area contributed by atoms with Gasteiger partial charge in [0.2, 0.25) is 0 Å². The average Bonchev–Trinajstić information content (AvgIpc) is 2.30. The van der Waals surface area contributed by atoms with Crippen LogP contribution in [0.4, 0.5) is 32.0 Å². The van der Waals surface area contributed by atoms with Crippen LogP contribution in [0.1, 0.15) is 10.4 Å². The Hall–Kier alpha value is -1.93. The van der Waals surface area contributed by atoms with Crippen molar-refractivity contribution < 1.29 is 31.1 Å². The summed E-state index contributed by atoms with van der Waals surface area (Å²) in [4.78, 5) is 11.3. The molecule has 1 aromatic rings. The van der Waals surface area contributed by atoms with Gasteiger partial charge in [0.25, 0.3) is 5.91 Å². The van der Waals surface area contributed by atoms with E-state index in [4.69, 9.17) is 5.73 Å². The number of carbonyl (C=O) groups is 1. The Morgan fingerprint density at radius 3 is 2.32 bits per heavy atom. The van der Waals surface area contributed by atoms with Crippen LogP contribution in [0.2, 0.25) is 0 Å². The lowest BCUT2D eigenvalue weighted by molar-refractivity contribution is -0.123. The van der Waals surface area contributed by atoms with Crippen LogP contribution >= 0.6 is 0 Å². The summed E-state index contributed by atoms with van der Waals surface area (Å²) < 4.78 is 74.3. The minimum Gasteiger partial charge on any atom is -0.398 e. The molecule has 1 aromatic carbocycles. The Labute approximate surface area is 103 Å². The second kappa shape index (κ2) is 5.37. The van der Waals surface area contributed by atoms with Gasteiger partial charge in [-0.3, -0.25) is 4.79 Å². The van der Waals surface area contributed by atoms with Crippen molar-refractivity contribution in [3.8, 4) is 0 Å². The summed E-state index contributed by atoms with van der Waals surface area (Å²) in [5.74, 6) is -8.48. The van der Waals surface area contributed by atoms with Crippen molar-refractivity contribution in [1.29, 1.82) is 0 Å². The van der Waals surface area contributed by atoms with Crippen molar-refractivity contribution in [3.05, 3.63) is 29.3 Å². The molecule has 0 unspecified atom stereocenters. The molecule has 1 rings (SSSR count). The zero-order chi connectivity index (χ0) is 14.8. The van der Waals surface area contributed by atoms with Crippen LogP contribution in [0.5, 0.6) is 0 Å². The summed E-state index contributed by atoms with van der Waals surface area (Å²) >= 11 is 0. The quantitative estimate of drug-likeness (QED) is 0.658. The molecule has 0 heterocycles. The van der Waals surface area contributed by atoms with Gasteiger partial charge in [-0.1, -0.05) is 0 Å². The molecule has 0 aliphatic carbocycles. The summed E-state index contributed by atoms with van der Waals surface area (Å²) in [5.41, 5.74) is 4.06. The van der Waals surface area contributed by atoms with Crippen LogP contribution in [0, 0.1) is 11.6 Å². The Morgan fingerprint density at radius 2 is 1.79 bits per heavy atom. The van der Waals surface area contributed by atoms with Crippen molar-refractivity contribution in [2.45, 2.75) is 12.3 Å². The number of alkyl halides is 4. The number of hydrogen-bond acceptors (Lipinski definition) is 2. The smallest absolute Gasteiger partial charge is 0.324 e. The molecule has 0 aromatic heterocycles. The van der Waals surface area contributed by atoms with Gasteiger partial charge in [0.15, 0.2) is 11.6 Å². The van der Waals surface area contributed by atoms with E-state index in [1.807, 2.05) is 0 Å². The third-order valence-corrected chi connectivity index (χ3v) is 2.14. The number of halogens is 6. The average molecular weight is 286 g/mol. The minimum atomic E-state index is -4.43. The predicted molar refractivity (Wildman–Crippen MR) is 54.1 cm³/mol. The largest absolute Gasteiger partial charge is 0.398 e. The normalized spacial score (nSPS) is 11.7. The van der Waals surface area contributed by atoms with E-state index in [0.29, 0.717) is 12.1 Å². The molecule has 0 spiro atoms. The Balaban J connectivity index is 2.83. The number of anilines is 1. The monoisotopic (exact) mass is 286 g/mol. The van der Waals surface area contributed by atoms with E-state index in [0.717, 1.165) is 0 Å². The fraction of sp³-hybridized carbons (Fsp3) is 0.300. The number of nitrogens with two attached hydrogens (primary N) is 1. The molecule has 0 saturated carbocycles. The van der Waals surface area contributed by atoms with E-state index in [1.54, 1.807) is 0 Å². The fourth-order valence-electron chi connectivity index (χ4n) is 1.13. The molecule has 0 bridgehead atoms. The minimum absolute atomic E-state index is 0.389. The maximum atomic E-state index is 12.8. The van der Waals surface area contributed by atoms with Crippen molar-refractivity contribution in [2.75, 3.05) is 12.3 Å². The highest BCUT2D eigenvalue weighted by Crippen LogP contribution is 2.22. The van der Waals surface area contributed by atoms with Crippen molar-refractivity contribution in [2.24, 2.45) is 0 Å². The van der Waals surface area contributed by atoms with Gasteiger partial charge in [-0.25, -0.2) is 17.6 Å². The molecule has 3 nitrogen and oxygen atoms in total. The molecule has 0 saturated heterocycles. The van der Waals surface area contributed by atoms with Crippen LogP contribution in [-0.4, -0.2) is 24.8 Å². The molecule has 0 atom stereocenters. The number of nitrogen functional groups attached to an aromatic ring is 1. The summed E-state index contributed by atoms with van der Waals surface area (Å²) in [6, 6.07) is 0.871. The summed E-state index contributed by atoms with van der Waals surface area (Å²) in [5, 5.41) is 1.47. The lowest BCUT2D eigenvalue weighted by Crippen LogP contribution is -2.41. The van der Waals surface area contributed by atoms with Gasteiger partial charge in [-0.15, -0.1) is 0 Å². The number of amides is 1. The molecule has 0 aliphatic rings. The molecule has 19 heavy (non-hydrogen) atoms. The molecule has 1 amide bonds. The highest BCUT2D eigenvalue weighted by atomic mass is 19.3. The highest BCUT2D eigenvalue weighted by molar-refractivity contribution is 5.99. The van der Waals surface area contributed by atoms with E-state index in [1.165, 1.54) is 5.32 Å². The molecular weight excluding hydrogens is 278 g/mol. The first-order chi connectivity index (χ1) is 8.65. The Kier molecular flexibility index (Phi) is 4.28. The highest BCUT2D eigenvalue weighted by Gasteiger charge is 2.41. The second-order valence-corrected chi connectivity index (χ2v) is 3.60. The number of benzene rings is 1. The van der Waals surface area contributed by atoms with E-state index in [9.17, 15) is 31.1 Å². The first-order valence-corrected chi connectivity index (χ1v) is 4.84. The van der Waals surface area contributed by atoms with E-state index >= 15 is 0 Å². The van der Waals surface area contributed by atoms with Gasteiger partial charge < -0.3 is 11.1 Å². The number of carbonyl (C=O) groups excluding carboxylic acids is 1. The van der Waals surface area contributed by atoms with E-state index in [2.05, 4.69) is 0 Å². The van der Waals surface area contributed by atoms with E-state index < -0.39 is 47.7 Å². The number of nitrogens with one attached hydrogen (secondary N) is 1. The third-order valence-electron chi connectivity index (χ3n) is 2.14. The van der Waals surface area contributed by atoms with Gasteiger partial charge in [-0.05, 0) is 6.07 Å². The van der Waals surface area contributed by atoms with E-state index in [-0.39, 0.29) is 0 Å². The first kappa shape index (κ1) is 15.1. The van der Waals surface area contributed by atoms with Crippen LogP contribution in [0.3, 0.4) is 0 Å². The lowest BCUT2D eigenvalue weighted by atomic mass is 10.1. The summed E-state index contributed by atoms with van der Waals surface area (Å²) in [6.07, 6.45) is -3.96. The molecule has 3 N–H and O–H groups in total. The topological polar surface area (TPSA) is 55.1 Å². The van der Waals surface area contributed by atoms with Crippen LogP contribution in [0.25, 0.3) is 0 Å². The lowest BCUT2D eigenvalue weighted by Gasteiger charge is -2.16. The van der Waals surface area contributed by atoms with Crippen molar-refractivity contribution in [3.63, 3.8) is 0 Å². The van der Waals surface area contributed by atoms with Crippen LogP contribution < -0.4 is 11.1 Å². The molecule has 0 aliphatic heterocycles. The Bertz CT molecular complexity index is 491. The van der Waals surface area contributed by atoms with Crippen LogP contribution in [-0.2, 0) is 0 Å². The number of hydrogen-bond donors (Lipinski definition) is 2. The Morgan fingerprint density at radius 1 is 1.26 bits per heavy atom. The van der Waals surface area contributed by atoms with Gasteiger partial charge in [-0.2, -0.15) is 8.78 Å². The zero-order valence-corrected chi connectivity index (χ0v) is 9.19. The van der Waals surface area contributed by atoms with Gasteiger partial charge in [0.1, 0.15) is 0 Å². The summed E-state index contributed by atoms with van der Waals surface area (Å²) in [6.45, 7) is -1.65. The molecule has 9 heteroatoms.